The van der Waals surface area contributed by atoms with E-state index < -0.39 is 0 Å². The molecule has 0 N–H and O–H groups in total. The highest BCUT2D eigenvalue weighted by molar-refractivity contribution is 5.50. The molecule has 0 aliphatic carbocycles. The summed E-state index contributed by atoms with van der Waals surface area (Å²) in [5.74, 6) is 2.52. The second-order valence-corrected chi connectivity index (χ2v) is 6.95. The smallest absolute Gasteiger partial charge is 0.169 e. The molecule has 2 aromatic rings. The Morgan fingerprint density at radius 1 is 1.04 bits per heavy atom. The molecule has 2 unspecified atom stereocenters. The van der Waals surface area contributed by atoms with E-state index in [4.69, 9.17) is 9.47 Å². The minimum atomic E-state index is 0.614. The molecule has 0 saturated carbocycles. The third-order valence-electron chi connectivity index (χ3n) is 5.55. The number of benzene rings is 2. The molecule has 0 amide bonds. The van der Waals surface area contributed by atoms with Crippen LogP contribution in [0.25, 0.3) is 0 Å². The van der Waals surface area contributed by atoms with Crippen molar-refractivity contribution in [1.82, 2.24) is 0 Å². The predicted molar refractivity (Wildman–Crippen MR) is 91.1 cm³/mol. The van der Waals surface area contributed by atoms with Gasteiger partial charge >= 0.3 is 0 Å². The second-order valence-electron chi connectivity index (χ2n) is 6.95. The Bertz CT molecular complexity index is 713. The van der Waals surface area contributed by atoms with E-state index in [1.54, 1.807) is 7.11 Å². The normalized spacial score (nSPS) is 25.6. The van der Waals surface area contributed by atoms with Gasteiger partial charge in [-0.2, -0.15) is 0 Å². The SMILES string of the molecule is COc1cc2c(cc1Oc1ccccc1)C1CCC[N+]1(C)CC2. The van der Waals surface area contributed by atoms with Crippen molar-refractivity contribution in [3.8, 4) is 17.2 Å². The lowest BCUT2D eigenvalue weighted by Crippen LogP contribution is -2.47. The molecule has 0 aromatic heterocycles. The van der Waals surface area contributed by atoms with Crippen LogP contribution in [-0.4, -0.2) is 31.7 Å². The van der Waals surface area contributed by atoms with Crippen LogP contribution in [0.4, 0.5) is 0 Å². The molecular formula is C20H24NO2+. The van der Waals surface area contributed by atoms with Gasteiger partial charge in [0.2, 0.25) is 0 Å². The minimum absolute atomic E-state index is 0.614. The Kier molecular flexibility index (Phi) is 3.53. The van der Waals surface area contributed by atoms with Gasteiger partial charge in [0.05, 0.1) is 27.2 Å². The van der Waals surface area contributed by atoms with Crippen molar-refractivity contribution in [2.45, 2.75) is 25.3 Å². The van der Waals surface area contributed by atoms with E-state index in [0.29, 0.717) is 6.04 Å². The largest absolute Gasteiger partial charge is 0.493 e. The maximum atomic E-state index is 6.12. The molecule has 2 atom stereocenters. The summed E-state index contributed by atoms with van der Waals surface area (Å²) in [6.07, 6.45) is 3.73. The summed E-state index contributed by atoms with van der Waals surface area (Å²) in [5.41, 5.74) is 2.90. The Morgan fingerprint density at radius 2 is 1.87 bits per heavy atom. The van der Waals surface area contributed by atoms with Crippen LogP contribution in [0.3, 0.4) is 0 Å². The number of hydrogen-bond donors (Lipinski definition) is 0. The fourth-order valence-corrected chi connectivity index (χ4v) is 4.25. The van der Waals surface area contributed by atoms with Crippen molar-refractivity contribution in [2.24, 2.45) is 0 Å². The van der Waals surface area contributed by atoms with Crippen LogP contribution in [-0.2, 0) is 6.42 Å². The van der Waals surface area contributed by atoms with Crippen molar-refractivity contribution >= 4 is 0 Å². The molecular weight excluding hydrogens is 286 g/mol. The topological polar surface area (TPSA) is 18.5 Å². The van der Waals surface area contributed by atoms with E-state index >= 15 is 0 Å². The van der Waals surface area contributed by atoms with Crippen LogP contribution in [0, 0.1) is 0 Å². The highest BCUT2D eigenvalue weighted by atomic mass is 16.5. The van der Waals surface area contributed by atoms with E-state index in [-0.39, 0.29) is 0 Å². The lowest BCUT2D eigenvalue weighted by molar-refractivity contribution is -0.928. The first-order valence-corrected chi connectivity index (χ1v) is 8.47. The molecule has 2 aliphatic rings. The lowest BCUT2D eigenvalue weighted by atomic mass is 9.90. The monoisotopic (exact) mass is 310 g/mol. The Morgan fingerprint density at radius 3 is 2.65 bits per heavy atom. The summed E-state index contributed by atoms with van der Waals surface area (Å²) >= 11 is 0. The van der Waals surface area contributed by atoms with Gasteiger partial charge in [0.25, 0.3) is 0 Å². The summed E-state index contributed by atoms with van der Waals surface area (Å²) in [4.78, 5) is 0. The van der Waals surface area contributed by atoms with Crippen molar-refractivity contribution < 1.29 is 14.0 Å². The van der Waals surface area contributed by atoms with Gasteiger partial charge in [0.15, 0.2) is 11.5 Å². The van der Waals surface area contributed by atoms with Gasteiger partial charge in [0.1, 0.15) is 11.8 Å². The molecule has 0 spiro atoms. The lowest BCUT2D eigenvalue weighted by Gasteiger charge is -2.41. The summed E-state index contributed by atoms with van der Waals surface area (Å²) in [6, 6.07) is 15.0. The number of likely N-dealkylation sites (N-methyl/N-ethyl adjacent to an activating group) is 1. The number of methoxy groups -OCH3 is 1. The second kappa shape index (κ2) is 5.57. The van der Waals surface area contributed by atoms with Crippen molar-refractivity contribution in [2.75, 3.05) is 27.2 Å². The Balaban J connectivity index is 1.75. The van der Waals surface area contributed by atoms with Gasteiger partial charge < -0.3 is 14.0 Å². The van der Waals surface area contributed by atoms with Gasteiger partial charge in [0, 0.05) is 24.8 Å². The van der Waals surface area contributed by atoms with Gasteiger partial charge in [-0.3, -0.25) is 0 Å². The van der Waals surface area contributed by atoms with Gasteiger partial charge in [-0.1, -0.05) is 18.2 Å². The average Bonchev–Trinajstić information content (AvgIpc) is 2.97. The zero-order valence-corrected chi connectivity index (χ0v) is 13.9. The molecule has 3 heteroatoms. The third-order valence-corrected chi connectivity index (χ3v) is 5.55. The first kappa shape index (κ1) is 14.6. The zero-order valence-electron chi connectivity index (χ0n) is 13.9. The van der Waals surface area contributed by atoms with E-state index in [9.17, 15) is 0 Å². The van der Waals surface area contributed by atoms with Crippen molar-refractivity contribution in [1.29, 1.82) is 0 Å². The summed E-state index contributed by atoms with van der Waals surface area (Å²) in [5, 5.41) is 0. The van der Waals surface area contributed by atoms with Crippen LogP contribution < -0.4 is 9.47 Å². The highest BCUT2D eigenvalue weighted by Gasteiger charge is 2.43. The molecule has 23 heavy (non-hydrogen) atoms. The van der Waals surface area contributed by atoms with Crippen LogP contribution in [0.1, 0.15) is 30.0 Å². The molecule has 4 rings (SSSR count). The molecule has 1 fully saturated rings. The van der Waals surface area contributed by atoms with Gasteiger partial charge in [-0.15, -0.1) is 0 Å². The average molecular weight is 310 g/mol. The molecule has 3 nitrogen and oxygen atoms in total. The first-order chi connectivity index (χ1) is 11.2. The Labute approximate surface area is 138 Å². The molecule has 0 radical (unpaired) electrons. The number of ether oxygens (including phenoxy) is 2. The predicted octanol–water partition coefficient (Wildman–Crippen LogP) is 4.33. The van der Waals surface area contributed by atoms with E-state index in [2.05, 4.69) is 19.2 Å². The van der Waals surface area contributed by atoms with Gasteiger partial charge in [-0.25, -0.2) is 0 Å². The van der Waals surface area contributed by atoms with Crippen molar-refractivity contribution in [3.63, 3.8) is 0 Å². The molecule has 2 aliphatic heterocycles. The molecule has 1 saturated heterocycles. The number of para-hydroxylation sites is 1. The van der Waals surface area contributed by atoms with Crippen LogP contribution in [0.2, 0.25) is 0 Å². The van der Waals surface area contributed by atoms with Gasteiger partial charge in [-0.05, 0) is 29.8 Å². The molecule has 120 valence electrons. The van der Waals surface area contributed by atoms with E-state index in [1.165, 1.54) is 41.5 Å². The van der Waals surface area contributed by atoms with Crippen LogP contribution in [0.5, 0.6) is 17.2 Å². The van der Waals surface area contributed by atoms with Crippen LogP contribution in [0.15, 0.2) is 42.5 Å². The first-order valence-electron chi connectivity index (χ1n) is 8.47. The Hall–Kier alpha value is -2.00. The fraction of sp³-hybridized carbons (Fsp3) is 0.400. The maximum absolute atomic E-state index is 6.12. The summed E-state index contributed by atoms with van der Waals surface area (Å²) in [6.45, 7) is 2.53. The van der Waals surface area contributed by atoms with E-state index in [1.807, 2.05) is 30.3 Å². The number of fused-ring (bicyclic) bond motifs is 3. The van der Waals surface area contributed by atoms with Crippen molar-refractivity contribution in [3.05, 3.63) is 53.6 Å². The zero-order chi connectivity index (χ0) is 15.9. The maximum Gasteiger partial charge on any atom is 0.169 e. The highest BCUT2D eigenvalue weighted by Crippen LogP contribution is 2.46. The molecule has 0 bridgehead atoms. The number of nitrogens with zero attached hydrogens (tertiary/aromatic N) is 1. The minimum Gasteiger partial charge on any atom is -0.493 e. The molecule has 2 heterocycles. The fourth-order valence-electron chi connectivity index (χ4n) is 4.25. The van der Waals surface area contributed by atoms with E-state index in [0.717, 1.165) is 23.7 Å². The quantitative estimate of drug-likeness (QED) is 0.786. The summed E-state index contributed by atoms with van der Waals surface area (Å²) in [7, 11) is 4.13. The molecule has 2 aromatic carbocycles. The number of rotatable bonds is 3. The number of quaternary nitrogens is 1. The summed E-state index contributed by atoms with van der Waals surface area (Å²) < 4.78 is 12.9. The third kappa shape index (κ3) is 2.49. The number of hydrogen-bond acceptors (Lipinski definition) is 2. The standard InChI is InChI=1S/C20H24NO2/c1-21-11-6-9-18(21)17-14-20(23-16-7-4-3-5-8-16)19(22-2)13-15(17)10-12-21/h3-5,7-8,13-14,18H,6,9-12H2,1-2H3/q+1. The van der Waals surface area contributed by atoms with Crippen LogP contribution >= 0.6 is 0 Å².